The summed E-state index contributed by atoms with van der Waals surface area (Å²) in [7, 11) is 0. The van der Waals surface area contributed by atoms with Gasteiger partial charge in [-0.25, -0.2) is 0 Å². The fourth-order valence-corrected chi connectivity index (χ4v) is 1.37. The molecule has 1 unspecified atom stereocenters. The second-order valence-electron chi connectivity index (χ2n) is 3.99. The van der Waals surface area contributed by atoms with Crippen LogP contribution in [0.15, 0.2) is 35.5 Å². The van der Waals surface area contributed by atoms with Crippen LogP contribution in [0.25, 0.3) is 0 Å². The van der Waals surface area contributed by atoms with Crippen LogP contribution in [-0.2, 0) is 21.0 Å². The fraction of sp³-hybridized carbons (Fsp3) is 0.429. The van der Waals surface area contributed by atoms with Crippen molar-refractivity contribution in [2.75, 3.05) is 6.61 Å². The number of aldehydes is 1. The lowest BCUT2D eigenvalue weighted by Gasteiger charge is -2.08. The molecule has 0 radical (unpaired) electrons. The van der Waals surface area contributed by atoms with E-state index in [0.717, 1.165) is 11.8 Å². The van der Waals surface area contributed by atoms with E-state index in [-0.39, 0.29) is 5.92 Å². The predicted molar refractivity (Wildman–Crippen MR) is 70.1 cm³/mol. The van der Waals surface area contributed by atoms with Crippen molar-refractivity contribution in [3.8, 4) is 0 Å². The lowest BCUT2D eigenvalue weighted by Crippen LogP contribution is -2.11. The maximum absolute atomic E-state index is 10.6. The molecule has 0 heterocycles. The first-order valence-corrected chi connectivity index (χ1v) is 6.07. The number of rotatable bonds is 7. The van der Waals surface area contributed by atoms with Crippen molar-refractivity contribution in [1.29, 1.82) is 0 Å². The molecule has 18 heavy (non-hydrogen) atoms. The number of carbonyl (C=O) groups excluding carboxylic acids is 1. The van der Waals surface area contributed by atoms with Gasteiger partial charge in [-0.2, -0.15) is 0 Å². The van der Waals surface area contributed by atoms with Gasteiger partial charge in [-0.1, -0.05) is 42.4 Å². The van der Waals surface area contributed by atoms with E-state index in [0.29, 0.717) is 25.5 Å². The van der Waals surface area contributed by atoms with Crippen LogP contribution in [-0.4, -0.2) is 18.8 Å². The maximum atomic E-state index is 10.6. The molecule has 0 aliphatic rings. The van der Waals surface area contributed by atoms with E-state index in [9.17, 15) is 4.79 Å². The Kier molecular flexibility index (Phi) is 6.54. The van der Waals surface area contributed by atoms with Gasteiger partial charge in [0.15, 0.2) is 0 Å². The van der Waals surface area contributed by atoms with Crippen LogP contribution in [0.5, 0.6) is 0 Å². The number of oxime groups is 1. The summed E-state index contributed by atoms with van der Waals surface area (Å²) in [4.78, 5) is 15.8. The van der Waals surface area contributed by atoms with Gasteiger partial charge in [0.1, 0.15) is 12.9 Å². The van der Waals surface area contributed by atoms with Crippen LogP contribution in [0, 0.1) is 5.92 Å². The van der Waals surface area contributed by atoms with E-state index >= 15 is 0 Å². The van der Waals surface area contributed by atoms with Crippen molar-refractivity contribution in [1.82, 2.24) is 0 Å². The molecule has 0 fully saturated rings. The summed E-state index contributed by atoms with van der Waals surface area (Å²) in [5.41, 5.74) is 1.04. The topological polar surface area (TPSA) is 47.9 Å². The Morgan fingerprint density at radius 1 is 1.39 bits per heavy atom. The van der Waals surface area contributed by atoms with Crippen LogP contribution < -0.4 is 0 Å². The van der Waals surface area contributed by atoms with Crippen LogP contribution in [0.2, 0.25) is 0 Å². The van der Waals surface area contributed by atoms with E-state index in [1.165, 1.54) is 0 Å². The van der Waals surface area contributed by atoms with E-state index in [1.807, 2.05) is 44.2 Å². The molecule has 1 aromatic carbocycles. The summed E-state index contributed by atoms with van der Waals surface area (Å²) in [6.45, 7) is 4.60. The summed E-state index contributed by atoms with van der Waals surface area (Å²) >= 11 is 0. The van der Waals surface area contributed by atoms with Gasteiger partial charge in [-0.05, 0) is 12.5 Å². The molecule has 98 valence electrons. The zero-order chi connectivity index (χ0) is 13.2. The number of carbonyl (C=O) groups is 1. The first kappa shape index (κ1) is 14.2. The first-order chi connectivity index (χ1) is 8.76. The molecule has 0 spiro atoms. The molecule has 4 heteroatoms. The van der Waals surface area contributed by atoms with Gasteiger partial charge in [0.25, 0.3) is 0 Å². The van der Waals surface area contributed by atoms with E-state index < -0.39 is 0 Å². The molecule has 0 saturated carbocycles. The highest BCUT2D eigenvalue weighted by Crippen LogP contribution is 2.05. The average Bonchev–Trinajstić information content (AvgIpc) is 2.40. The van der Waals surface area contributed by atoms with Gasteiger partial charge < -0.3 is 14.4 Å². The van der Waals surface area contributed by atoms with Crippen molar-refractivity contribution < 1.29 is 14.4 Å². The van der Waals surface area contributed by atoms with Crippen molar-refractivity contribution in [2.24, 2.45) is 11.1 Å². The third kappa shape index (κ3) is 5.48. The van der Waals surface area contributed by atoms with Gasteiger partial charge in [0.2, 0.25) is 5.90 Å². The zero-order valence-corrected chi connectivity index (χ0v) is 10.8. The summed E-state index contributed by atoms with van der Waals surface area (Å²) in [5.74, 6) is 0.351. The van der Waals surface area contributed by atoms with Crippen LogP contribution >= 0.6 is 0 Å². The minimum Gasteiger partial charge on any atom is -0.479 e. The highest BCUT2D eigenvalue weighted by Gasteiger charge is 2.07. The van der Waals surface area contributed by atoms with Crippen molar-refractivity contribution >= 4 is 12.2 Å². The number of ether oxygens (including phenoxy) is 1. The van der Waals surface area contributed by atoms with E-state index in [1.54, 1.807) is 0 Å². The Hall–Kier alpha value is -1.84. The summed E-state index contributed by atoms with van der Waals surface area (Å²) in [6.07, 6.45) is 1.35. The Morgan fingerprint density at radius 2 is 2.11 bits per heavy atom. The summed E-state index contributed by atoms with van der Waals surface area (Å²) < 4.78 is 5.32. The smallest absolute Gasteiger partial charge is 0.226 e. The van der Waals surface area contributed by atoms with Crippen LogP contribution in [0.1, 0.15) is 25.8 Å². The molecular weight excluding hydrogens is 230 g/mol. The molecule has 0 saturated heterocycles. The quantitative estimate of drug-likeness (QED) is 0.323. The Morgan fingerprint density at radius 3 is 2.72 bits per heavy atom. The Bertz CT molecular complexity index is 376. The molecule has 0 N–H and O–H groups in total. The number of benzene rings is 1. The molecule has 1 rings (SSSR count). The van der Waals surface area contributed by atoms with Gasteiger partial charge in [-0.15, -0.1) is 0 Å². The molecule has 0 amide bonds. The van der Waals surface area contributed by atoms with Crippen molar-refractivity contribution in [3.63, 3.8) is 0 Å². The SMILES string of the molecule is CCOC(CC(C)C=O)=NOCc1ccccc1. The largest absolute Gasteiger partial charge is 0.479 e. The third-order valence-electron chi connectivity index (χ3n) is 2.28. The number of hydrogen-bond acceptors (Lipinski definition) is 4. The summed E-state index contributed by atoms with van der Waals surface area (Å²) in [6, 6.07) is 9.76. The fourth-order valence-electron chi connectivity index (χ4n) is 1.37. The second-order valence-corrected chi connectivity index (χ2v) is 3.99. The average molecular weight is 249 g/mol. The van der Waals surface area contributed by atoms with E-state index in [4.69, 9.17) is 9.57 Å². The normalized spacial score (nSPS) is 12.9. The van der Waals surface area contributed by atoms with Gasteiger partial charge in [0, 0.05) is 12.3 Å². The van der Waals surface area contributed by atoms with Crippen LogP contribution in [0.3, 0.4) is 0 Å². The molecule has 0 aromatic heterocycles. The lowest BCUT2D eigenvalue weighted by molar-refractivity contribution is -0.110. The monoisotopic (exact) mass is 249 g/mol. The standard InChI is InChI=1S/C14H19NO3/c1-3-17-14(9-12(2)10-16)15-18-11-13-7-5-4-6-8-13/h4-8,10,12H,3,9,11H2,1-2H3. The van der Waals surface area contributed by atoms with Gasteiger partial charge in [0.05, 0.1) is 6.61 Å². The Labute approximate surface area is 108 Å². The highest BCUT2D eigenvalue weighted by molar-refractivity contribution is 5.78. The Balaban J connectivity index is 2.47. The molecule has 0 aliphatic carbocycles. The first-order valence-electron chi connectivity index (χ1n) is 6.07. The molecule has 1 aromatic rings. The molecule has 0 aliphatic heterocycles. The minimum absolute atomic E-state index is 0.115. The van der Waals surface area contributed by atoms with Crippen molar-refractivity contribution in [3.05, 3.63) is 35.9 Å². The maximum Gasteiger partial charge on any atom is 0.226 e. The second kappa shape index (κ2) is 8.28. The molecule has 1 atom stereocenters. The number of nitrogens with zero attached hydrogens (tertiary/aromatic N) is 1. The molecule has 4 nitrogen and oxygen atoms in total. The molecule has 0 bridgehead atoms. The summed E-state index contributed by atoms with van der Waals surface area (Å²) in [5, 5.41) is 3.93. The van der Waals surface area contributed by atoms with Crippen LogP contribution in [0.4, 0.5) is 0 Å². The highest BCUT2D eigenvalue weighted by atomic mass is 16.6. The van der Waals surface area contributed by atoms with E-state index in [2.05, 4.69) is 5.16 Å². The predicted octanol–water partition coefficient (Wildman–Crippen LogP) is 2.78. The van der Waals surface area contributed by atoms with Gasteiger partial charge >= 0.3 is 0 Å². The van der Waals surface area contributed by atoms with Crippen molar-refractivity contribution in [2.45, 2.75) is 26.9 Å². The molecular formula is C14H19NO3. The lowest BCUT2D eigenvalue weighted by atomic mass is 10.1. The van der Waals surface area contributed by atoms with Gasteiger partial charge in [-0.3, -0.25) is 0 Å². The minimum atomic E-state index is -0.115. The zero-order valence-electron chi connectivity index (χ0n) is 10.8. The third-order valence-corrected chi connectivity index (χ3v) is 2.28. The number of hydrogen-bond donors (Lipinski definition) is 0.